The molecule has 0 saturated carbocycles. The highest BCUT2D eigenvalue weighted by molar-refractivity contribution is 9.11. The fraction of sp³-hybridized carbons (Fsp3) is 0.200. The van der Waals surface area contributed by atoms with Gasteiger partial charge in [0.25, 0.3) is 0 Å². The Morgan fingerprint density at radius 2 is 1.50 bits per heavy atom. The second-order valence-corrected chi connectivity index (χ2v) is 4.56. The van der Waals surface area contributed by atoms with Crippen LogP contribution < -0.4 is 0 Å². The van der Waals surface area contributed by atoms with E-state index in [1.165, 1.54) is 5.56 Å². The van der Waals surface area contributed by atoms with E-state index in [1.54, 1.807) is 9.97 Å². The van der Waals surface area contributed by atoms with Crippen molar-refractivity contribution in [2.45, 2.75) is 6.54 Å². The minimum Gasteiger partial charge on any atom is -0.291 e. The van der Waals surface area contributed by atoms with Crippen LogP contribution in [0.2, 0.25) is 0 Å². The topological polar surface area (TPSA) is 3.24 Å². The Morgan fingerprint density at radius 3 is 2.00 bits per heavy atom. The first kappa shape index (κ1) is 15.2. The number of benzene rings is 1. The summed E-state index contributed by atoms with van der Waals surface area (Å²) in [7, 11) is 0. The summed E-state index contributed by atoms with van der Waals surface area (Å²) in [5.41, 5.74) is 7.37. The molecule has 0 bridgehead atoms. The maximum atomic E-state index is 3.21. The smallest absolute Gasteiger partial charge is 0.0245 e. The van der Waals surface area contributed by atoms with Gasteiger partial charge in [0.2, 0.25) is 0 Å². The van der Waals surface area contributed by atoms with Crippen molar-refractivity contribution in [3.8, 4) is 0 Å². The molecule has 0 radical (unpaired) electrons. The summed E-state index contributed by atoms with van der Waals surface area (Å²) in [6.07, 6.45) is 4.01. The average Bonchev–Trinajstić information content (AvgIpc) is 2.40. The molecule has 0 amide bonds. The Labute approximate surface area is 125 Å². The minimum atomic E-state index is 0.859. The molecule has 0 aliphatic carbocycles. The SMILES string of the molecule is BrC=C=CCN(CC=C=CBr)Cc1ccccc1. The van der Waals surface area contributed by atoms with Gasteiger partial charge < -0.3 is 0 Å². The van der Waals surface area contributed by atoms with Crippen LogP contribution in [0.3, 0.4) is 0 Å². The molecular weight excluding hydrogens is 354 g/mol. The molecule has 0 spiro atoms. The van der Waals surface area contributed by atoms with Gasteiger partial charge in [-0.1, -0.05) is 62.2 Å². The van der Waals surface area contributed by atoms with Crippen LogP contribution in [0.4, 0.5) is 0 Å². The highest BCUT2D eigenvalue weighted by atomic mass is 79.9. The maximum absolute atomic E-state index is 3.21. The van der Waals surface area contributed by atoms with E-state index in [-0.39, 0.29) is 0 Å². The van der Waals surface area contributed by atoms with Crippen LogP contribution in [-0.4, -0.2) is 18.0 Å². The summed E-state index contributed by atoms with van der Waals surface area (Å²) in [5.74, 6) is 0. The third-order valence-electron chi connectivity index (χ3n) is 2.31. The molecule has 18 heavy (non-hydrogen) atoms. The summed E-state index contributed by atoms with van der Waals surface area (Å²) in [6.45, 7) is 2.64. The van der Waals surface area contributed by atoms with E-state index in [0.717, 1.165) is 19.6 Å². The Morgan fingerprint density at radius 1 is 0.944 bits per heavy atom. The Balaban J connectivity index is 2.64. The molecule has 0 aromatic heterocycles. The molecule has 0 N–H and O–H groups in total. The molecule has 0 aliphatic heterocycles. The van der Waals surface area contributed by atoms with Crippen LogP contribution >= 0.6 is 31.9 Å². The van der Waals surface area contributed by atoms with Gasteiger partial charge in [0.15, 0.2) is 0 Å². The molecule has 0 aliphatic rings. The van der Waals surface area contributed by atoms with E-state index in [4.69, 9.17) is 0 Å². The Kier molecular flexibility index (Phi) is 8.58. The number of hydrogen-bond donors (Lipinski definition) is 0. The zero-order valence-electron chi connectivity index (χ0n) is 10.0. The van der Waals surface area contributed by atoms with Crippen LogP contribution in [0.15, 0.2) is 63.9 Å². The monoisotopic (exact) mass is 367 g/mol. The first-order valence-corrected chi connectivity index (χ1v) is 7.45. The van der Waals surface area contributed by atoms with E-state index in [1.807, 2.05) is 18.2 Å². The molecule has 0 saturated heterocycles. The molecule has 1 nitrogen and oxygen atoms in total. The number of rotatable bonds is 6. The van der Waals surface area contributed by atoms with E-state index in [2.05, 4.69) is 72.5 Å². The fourth-order valence-electron chi connectivity index (χ4n) is 1.50. The zero-order valence-corrected chi connectivity index (χ0v) is 13.2. The first-order valence-electron chi connectivity index (χ1n) is 5.62. The van der Waals surface area contributed by atoms with Gasteiger partial charge in [-0.2, -0.15) is 0 Å². The van der Waals surface area contributed by atoms with Crippen molar-refractivity contribution in [3.63, 3.8) is 0 Å². The van der Waals surface area contributed by atoms with Crippen LogP contribution in [-0.2, 0) is 6.54 Å². The normalized spacial score (nSPS) is 9.28. The Hall–Kier alpha value is -0.820. The van der Waals surface area contributed by atoms with Crippen molar-refractivity contribution < 1.29 is 0 Å². The van der Waals surface area contributed by atoms with E-state index < -0.39 is 0 Å². The summed E-state index contributed by atoms with van der Waals surface area (Å²) in [5, 5.41) is 0. The second-order valence-electron chi connectivity index (χ2n) is 3.64. The number of halogens is 2. The molecule has 3 heteroatoms. The average molecular weight is 369 g/mol. The lowest BCUT2D eigenvalue weighted by Gasteiger charge is -2.18. The molecule has 1 aromatic carbocycles. The first-order chi connectivity index (χ1) is 8.86. The molecule has 1 rings (SSSR count). The standard InChI is InChI=1S/C15H15Br2N/c16-10-4-6-12-18(13-7-5-11-17)14-15-8-2-1-3-9-15/h1-3,6-11H,12-14H2. The summed E-state index contributed by atoms with van der Waals surface area (Å²) in [4.78, 5) is 5.78. The van der Waals surface area contributed by atoms with Crippen molar-refractivity contribution in [1.29, 1.82) is 0 Å². The second kappa shape index (κ2) is 10.1. The van der Waals surface area contributed by atoms with Crippen molar-refractivity contribution in [2.75, 3.05) is 13.1 Å². The number of nitrogens with zero attached hydrogens (tertiary/aromatic N) is 1. The van der Waals surface area contributed by atoms with Gasteiger partial charge in [-0.15, -0.1) is 11.5 Å². The molecule has 0 fully saturated rings. The van der Waals surface area contributed by atoms with Crippen LogP contribution in [0.5, 0.6) is 0 Å². The molecular formula is C15H15Br2N. The van der Waals surface area contributed by atoms with Gasteiger partial charge in [-0.3, -0.25) is 4.90 Å². The predicted octanol–water partition coefficient (Wildman–Crippen LogP) is 4.62. The number of hydrogen-bond acceptors (Lipinski definition) is 1. The van der Waals surface area contributed by atoms with Crippen molar-refractivity contribution >= 4 is 31.9 Å². The molecule has 0 atom stereocenters. The lowest BCUT2D eigenvalue weighted by Crippen LogP contribution is -2.23. The predicted molar refractivity (Wildman–Crippen MR) is 84.9 cm³/mol. The van der Waals surface area contributed by atoms with E-state index in [9.17, 15) is 0 Å². The third kappa shape index (κ3) is 6.80. The van der Waals surface area contributed by atoms with E-state index in [0.29, 0.717) is 0 Å². The van der Waals surface area contributed by atoms with Crippen LogP contribution in [0, 0.1) is 0 Å². The molecule has 94 valence electrons. The highest BCUT2D eigenvalue weighted by Crippen LogP contribution is 2.04. The third-order valence-corrected chi connectivity index (χ3v) is 2.84. The summed E-state index contributed by atoms with van der Waals surface area (Å²) >= 11 is 6.43. The molecule has 1 aromatic rings. The van der Waals surface area contributed by atoms with Gasteiger partial charge in [0, 0.05) is 29.6 Å². The highest BCUT2D eigenvalue weighted by Gasteiger charge is 2.01. The van der Waals surface area contributed by atoms with Gasteiger partial charge in [0.1, 0.15) is 0 Å². The Bertz CT molecular complexity index is 429. The van der Waals surface area contributed by atoms with E-state index >= 15 is 0 Å². The van der Waals surface area contributed by atoms with Crippen molar-refractivity contribution in [2.24, 2.45) is 0 Å². The molecule has 0 heterocycles. The lowest BCUT2D eigenvalue weighted by atomic mass is 10.2. The van der Waals surface area contributed by atoms with Gasteiger partial charge in [-0.25, -0.2) is 0 Å². The van der Waals surface area contributed by atoms with Gasteiger partial charge in [-0.05, 0) is 17.7 Å². The summed E-state index contributed by atoms with van der Waals surface area (Å²) in [6, 6.07) is 10.4. The summed E-state index contributed by atoms with van der Waals surface area (Å²) < 4.78 is 0. The fourth-order valence-corrected chi connectivity index (χ4v) is 1.87. The molecule has 0 unspecified atom stereocenters. The van der Waals surface area contributed by atoms with Crippen LogP contribution in [0.1, 0.15) is 5.56 Å². The maximum Gasteiger partial charge on any atom is 0.0245 e. The lowest BCUT2D eigenvalue weighted by molar-refractivity contribution is 0.327. The quantitative estimate of drug-likeness (QED) is 0.662. The van der Waals surface area contributed by atoms with Crippen molar-refractivity contribution in [3.05, 3.63) is 69.5 Å². The zero-order chi connectivity index (χ0) is 13.1. The largest absolute Gasteiger partial charge is 0.291 e. The van der Waals surface area contributed by atoms with Gasteiger partial charge in [0.05, 0.1) is 0 Å². The van der Waals surface area contributed by atoms with Crippen molar-refractivity contribution in [1.82, 2.24) is 4.90 Å². The van der Waals surface area contributed by atoms with Crippen LogP contribution in [0.25, 0.3) is 0 Å². The van der Waals surface area contributed by atoms with Gasteiger partial charge >= 0.3 is 0 Å². The minimum absolute atomic E-state index is 0.859.